The number of carboxylic acid groups (broad SMARTS) is 1. The Kier molecular flexibility index (Phi) is 6.44. The van der Waals surface area contributed by atoms with E-state index in [1.807, 2.05) is 0 Å². The second-order valence-electron chi connectivity index (χ2n) is 11.2. The van der Waals surface area contributed by atoms with Crippen LogP contribution in [0.1, 0.15) is 45.2 Å². The van der Waals surface area contributed by atoms with Gasteiger partial charge in [-0.1, -0.05) is 6.07 Å². The molecule has 0 bridgehead atoms. The maximum atomic E-state index is 13.6. The molecule has 1 saturated heterocycles. The van der Waals surface area contributed by atoms with Gasteiger partial charge in [-0.25, -0.2) is 4.79 Å². The molecule has 12 nitrogen and oxygen atoms in total. The third kappa shape index (κ3) is 4.01. The molecule has 2 aromatic carbocycles. The summed E-state index contributed by atoms with van der Waals surface area (Å²) in [6.45, 7) is 6.25. The van der Waals surface area contributed by atoms with Crippen molar-refractivity contribution in [1.29, 1.82) is 0 Å². The van der Waals surface area contributed by atoms with Gasteiger partial charge in [-0.05, 0) is 57.5 Å². The van der Waals surface area contributed by atoms with E-state index in [4.69, 9.17) is 23.4 Å². The van der Waals surface area contributed by atoms with Crippen molar-refractivity contribution in [1.82, 2.24) is 0 Å². The highest BCUT2D eigenvalue weighted by Gasteiger charge is 2.75. The van der Waals surface area contributed by atoms with Crippen LogP contribution in [-0.2, 0) is 4.74 Å². The molecule has 0 radical (unpaired) electrons. The average molecular weight is 573 g/mol. The summed E-state index contributed by atoms with van der Waals surface area (Å²) >= 11 is 0. The fourth-order valence-electron chi connectivity index (χ4n) is 5.44. The summed E-state index contributed by atoms with van der Waals surface area (Å²) in [6, 6.07) is 8.63. The highest BCUT2D eigenvalue weighted by Crippen LogP contribution is 2.53. The second kappa shape index (κ2) is 9.16. The molecule has 2 aliphatic heterocycles. The van der Waals surface area contributed by atoms with Gasteiger partial charge < -0.3 is 48.9 Å². The number of carbonyl (C=O) groups is 1. The highest BCUT2D eigenvalue weighted by atomic mass is 16.7. The fourth-order valence-corrected chi connectivity index (χ4v) is 5.44. The molecule has 41 heavy (non-hydrogen) atoms. The van der Waals surface area contributed by atoms with E-state index < -0.39 is 52.0 Å². The quantitative estimate of drug-likeness (QED) is 0.300. The summed E-state index contributed by atoms with van der Waals surface area (Å²) in [6.07, 6.45) is 0. The third-order valence-electron chi connectivity index (χ3n) is 8.73. The van der Waals surface area contributed by atoms with Crippen LogP contribution in [0, 0.1) is 0 Å². The van der Waals surface area contributed by atoms with Crippen molar-refractivity contribution in [3.63, 3.8) is 0 Å². The van der Waals surface area contributed by atoms with Crippen LogP contribution in [0.3, 0.4) is 0 Å². The normalized spacial score (nSPS) is 33.0. The maximum Gasteiger partial charge on any atom is 0.372 e. The molecule has 0 aliphatic carbocycles. The third-order valence-corrected chi connectivity index (χ3v) is 8.73. The lowest BCUT2D eigenvalue weighted by Gasteiger charge is -2.64. The van der Waals surface area contributed by atoms with Gasteiger partial charge in [0.15, 0.2) is 17.1 Å². The molecule has 12 heteroatoms. The summed E-state index contributed by atoms with van der Waals surface area (Å²) in [4.78, 5) is 25.8. The Morgan fingerprint density at radius 2 is 1.56 bits per heavy atom. The molecule has 0 unspecified atom stereocenters. The highest BCUT2D eigenvalue weighted by molar-refractivity contribution is 5.97. The van der Waals surface area contributed by atoms with Gasteiger partial charge in [0.05, 0.1) is 17.6 Å². The van der Waals surface area contributed by atoms with Crippen molar-refractivity contribution >= 4 is 16.9 Å². The average Bonchev–Trinajstić information content (AvgIpc) is 2.91. The van der Waals surface area contributed by atoms with Gasteiger partial charge in [-0.15, -0.1) is 0 Å². The van der Waals surface area contributed by atoms with Gasteiger partial charge in [-0.3, -0.25) is 4.79 Å². The smallest absolute Gasteiger partial charge is 0.372 e. The molecule has 1 fully saturated rings. The summed E-state index contributed by atoms with van der Waals surface area (Å²) in [7, 11) is 0. The number of fused-ring (bicyclic) bond motifs is 2. The van der Waals surface area contributed by atoms with Crippen LogP contribution >= 0.6 is 0 Å². The molecule has 0 spiro atoms. The number of carboxylic acids is 1. The molecule has 2 aliphatic rings. The number of aliphatic hydroxyl groups is 4. The topological polar surface area (TPSA) is 185 Å². The standard InChI is InChI=1S/C29H32O12/c1-25(14-30)26(2,34)27(3,35)28(4,36)29(5,41-25)40-16-7-8-17-19(13-16)39-23(24(32)33)21(22(17)31)15-6-9-18-20(12-15)38-11-10-37-18/h6-9,12-13,30,34-36H,10-11,14H2,1-5H3,(H,32,33)/t25-,26-,27+,28-,29-/m1/s1. The monoisotopic (exact) mass is 572 g/mol. The van der Waals surface area contributed by atoms with Gasteiger partial charge in [0.1, 0.15) is 41.3 Å². The van der Waals surface area contributed by atoms with E-state index in [9.17, 15) is 35.1 Å². The van der Waals surface area contributed by atoms with Crippen LogP contribution < -0.4 is 19.6 Å². The van der Waals surface area contributed by atoms with Crippen molar-refractivity contribution in [2.24, 2.45) is 0 Å². The first-order valence-electron chi connectivity index (χ1n) is 12.9. The van der Waals surface area contributed by atoms with Crippen LogP contribution in [0.5, 0.6) is 17.2 Å². The second-order valence-corrected chi connectivity index (χ2v) is 11.2. The van der Waals surface area contributed by atoms with E-state index >= 15 is 0 Å². The van der Waals surface area contributed by atoms with E-state index in [0.717, 1.165) is 0 Å². The molecule has 1 aromatic heterocycles. The molecule has 5 N–H and O–H groups in total. The largest absolute Gasteiger partial charge is 0.486 e. The summed E-state index contributed by atoms with van der Waals surface area (Å²) in [5.74, 6) is -3.35. The zero-order valence-electron chi connectivity index (χ0n) is 23.2. The van der Waals surface area contributed by atoms with Crippen LogP contribution in [0.4, 0.5) is 0 Å². The van der Waals surface area contributed by atoms with Crippen molar-refractivity contribution in [2.75, 3.05) is 19.8 Å². The number of ether oxygens (including phenoxy) is 4. The van der Waals surface area contributed by atoms with Crippen LogP contribution in [0.15, 0.2) is 45.6 Å². The molecule has 3 heterocycles. The van der Waals surface area contributed by atoms with E-state index in [2.05, 4.69) is 0 Å². The lowest BCUT2D eigenvalue weighted by atomic mass is 9.61. The number of hydrogen-bond donors (Lipinski definition) is 5. The van der Waals surface area contributed by atoms with Gasteiger partial charge in [-0.2, -0.15) is 0 Å². The van der Waals surface area contributed by atoms with E-state index in [0.29, 0.717) is 24.7 Å². The molecule has 0 amide bonds. The summed E-state index contributed by atoms with van der Waals surface area (Å²) in [5, 5.41) is 53.9. The zero-order valence-corrected chi connectivity index (χ0v) is 23.2. The Labute approximate surface area is 234 Å². The Bertz CT molecular complexity index is 1600. The molecule has 5 atom stereocenters. The minimum absolute atomic E-state index is 0.0236. The van der Waals surface area contributed by atoms with E-state index in [1.165, 1.54) is 65.0 Å². The zero-order chi connectivity index (χ0) is 30.2. The molecular formula is C29H32O12. The van der Waals surface area contributed by atoms with Crippen LogP contribution in [0.2, 0.25) is 0 Å². The molecule has 220 valence electrons. The van der Waals surface area contributed by atoms with Crippen molar-refractivity contribution in [3.8, 4) is 28.4 Å². The van der Waals surface area contributed by atoms with Gasteiger partial charge >= 0.3 is 5.97 Å². The Morgan fingerprint density at radius 1 is 0.902 bits per heavy atom. The number of rotatable bonds is 5. The van der Waals surface area contributed by atoms with Crippen molar-refractivity contribution < 1.29 is 53.7 Å². The number of benzene rings is 2. The van der Waals surface area contributed by atoms with Gasteiger partial charge in [0.2, 0.25) is 17.0 Å². The minimum Gasteiger partial charge on any atom is -0.486 e. The summed E-state index contributed by atoms with van der Waals surface area (Å²) < 4.78 is 28.8. The lowest BCUT2D eigenvalue weighted by Crippen LogP contribution is -2.85. The molecule has 0 saturated carbocycles. The predicted octanol–water partition coefficient (Wildman–Crippen LogP) is 2.06. The number of aromatic carboxylic acids is 1. The first-order chi connectivity index (χ1) is 19.0. The predicted molar refractivity (Wildman–Crippen MR) is 143 cm³/mol. The molecule has 5 rings (SSSR count). The number of hydrogen-bond acceptors (Lipinski definition) is 11. The molecular weight excluding hydrogens is 540 g/mol. The van der Waals surface area contributed by atoms with Crippen LogP contribution in [-0.4, -0.2) is 79.5 Å². The Hall–Kier alpha value is -3.68. The van der Waals surface area contributed by atoms with E-state index in [1.54, 1.807) is 6.07 Å². The maximum absolute atomic E-state index is 13.6. The van der Waals surface area contributed by atoms with E-state index in [-0.39, 0.29) is 27.8 Å². The number of aliphatic hydroxyl groups excluding tert-OH is 1. The first-order valence-corrected chi connectivity index (χ1v) is 12.9. The molecule has 3 aromatic rings. The summed E-state index contributed by atoms with van der Waals surface area (Å²) in [5.41, 5.74) is -9.10. The fraction of sp³-hybridized carbons (Fsp3) is 0.448. The van der Waals surface area contributed by atoms with Gasteiger partial charge in [0.25, 0.3) is 0 Å². The lowest BCUT2D eigenvalue weighted by molar-refractivity contribution is -0.441. The van der Waals surface area contributed by atoms with Crippen LogP contribution in [0.25, 0.3) is 22.1 Å². The SMILES string of the molecule is C[C@@]1(Oc2ccc3c(=O)c(-c4ccc5c(c4)OCCO5)c(C(=O)O)oc3c2)O[C@](C)(CO)[C@@](C)(O)[C@](C)(O)[C@@]1(C)O. The Morgan fingerprint density at radius 3 is 2.20 bits per heavy atom. The van der Waals surface area contributed by atoms with Crippen molar-refractivity contribution in [2.45, 2.75) is 62.8 Å². The minimum atomic E-state index is -2.26. The Balaban J connectivity index is 1.60. The van der Waals surface area contributed by atoms with Gasteiger partial charge in [0, 0.05) is 13.0 Å². The first kappa shape index (κ1) is 28.8. The van der Waals surface area contributed by atoms with Crippen molar-refractivity contribution in [3.05, 3.63) is 52.4 Å².